The second kappa shape index (κ2) is 4.33. The van der Waals surface area contributed by atoms with Crippen LogP contribution in [-0.4, -0.2) is 4.98 Å². The fourth-order valence-corrected chi connectivity index (χ4v) is 5.17. The van der Waals surface area contributed by atoms with Gasteiger partial charge in [0.25, 0.3) is 0 Å². The molecule has 0 atom stereocenters. The number of fused-ring (bicyclic) bond motifs is 10. The van der Waals surface area contributed by atoms with Crippen molar-refractivity contribution in [3.8, 4) is 0 Å². The van der Waals surface area contributed by atoms with E-state index in [1.165, 1.54) is 47.4 Å². The molecular weight excluding hydrogens is 310 g/mol. The van der Waals surface area contributed by atoms with E-state index in [0.717, 1.165) is 5.69 Å². The first kappa shape index (κ1) is 12.5. The first-order chi connectivity index (χ1) is 11.9. The molecule has 1 aliphatic carbocycles. The Bertz CT molecular complexity index is 1340. The lowest BCUT2D eigenvalue weighted by Crippen LogP contribution is -1.81. The smallest absolute Gasteiger partial charge is 0.159 e. The second-order valence-corrected chi connectivity index (χ2v) is 7.25. The molecule has 1 aliphatic rings. The van der Waals surface area contributed by atoms with Gasteiger partial charge in [-0.25, -0.2) is 0 Å². The number of rotatable bonds is 0. The summed E-state index contributed by atoms with van der Waals surface area (Å²) in [4.78, 5) is 3.65. The number of benzene rings is 3. The third kappa shape index (κ3) is 1.43. The normalized spacial score (nSPS) is 13.2. The summed E-state index contributed by atoms with van der Waals surface area (Å²) in [7, 11) is 0. The Hall–Kier alpha value is -2.93. The number of H-pyrrole nitrogens is 1. The van der Waals surface area contributed by atoms with E-state index in [9.17, 15) is 0 Å². The third-order valence-electron chi connectivity index (χ3n) is 4.93. The highest BCUT2D eigenvalue weighted by Crippen LogP contribution is 2.45. The van der Waals surface area contributed by atoms with E-state index in [1.807, 2.05) is 23.5 Å². The molecule has 2 aromatic heterocycles. The maximum atomic E-state index is 3.65. The summed E-state index contributed by atoms with van der Waals surface area (Å²) < 4.78 is 2.69. The van der Waals surface area contributed by atoms with Gasteiger partial charge in [0, 0.05) is 26.9 Å². The highest BCUT2D eigenvalue weighted by atomic mass is 32.1. The summed E-state index contributed by atoms with van der Waals surface area (Å²) >= 11 is 1.88. The molecule has 2 heterocycles. The Kier molecular flexibility index (Phi) is 2.25. The van der Waals surface area contributed by atoms with Crippen LogP contribution in [0.2, 0.25) is 0 Å². The molecule has 0 spiro atoms. The minimum Gasteiger partial charge on any atom is -0.299 e. The quantitative estimate of drug-likeness (QED) is 0.312. The molecule has 1 N–H and O–H groups in total. The summed E-state index contributed by atoms with van der Waals surface area (Å²) in [5.74, 6) is 0. The van der Waals surface area contributed by atoms with Gasteiger partial charge < -0.3 is 0 Å². The highest BCUT2D eigenvalue weighted by Gasteiger charge is 2.23. The fraction of sp³-hybridized carbons (Fsp3) is 0. The predicted octanol–water partition coefficient (Wildman–Crippen LogP) is 6.53. The highest BCUT2D eigenvalue weighted by molar-refractivity contribution is 7.26. The number of nitrogens with one attached hydrogen (secondary N) is 1. The molecule has 0 radical (unpaired) electrons. The van der Waals surface area contributed by atoms with Crippen LogP contribution in [0.15, 0.2) is 54.6 Å². The van der Waals surface area contributed by atoms with Crippen LogP contribution in [0.1, 0.15) is 11.3 Å². The van der Waals surface area contributed by atoms with Gasteiger partial charge in [-0.2, -0.15) is 0 Å². The van der Waals surface area contributed by atoms with Crippen LogP contribution in [0, 0.1) is 6.08 Å². The van der Waals surface area contributed by atoms with Crippen molar-refractivity contribution in [3.63, 3.8) is 0 Å². The largest absolute Gasteiger partial charge is 0.299 e. The minimum atomic E-state index is 1.16. The van der Waals surface area contributed by atoms with Crippen LogP contribution in [0.3, 0.4) is 0 Å². The number of allylic oxidation sites excluding steroid dienone is 2. The van der Waals surface area contributed by atoms with Crippen molar-refractivity contribution in [3.05, 3.63) is 71.9 Å². The molecule has 2 heteroatoms. The standard InChI is InChI=1S/C22H12NS/c1-2-8-14-13(7-1)19-15-9-3-5-11-17(15)23-21(19)22-20(14)16-10-4-6-12-18(16)24-22/h1-4,6-12,23H/q+1. The Morgan fingerprint density at radius 2 is 1.58 bits per heavy atom. The summed E-state index contributed by atoms with van der Waals surface area (Å²) in [6, 6.07) is 17.5. The summed E-state index contributed by atoms with van der Waals surface area (Å²) in [5, 5.41) is 6.70. The van der Waals surface area contributed by atoms with E-state index in [-0.39, 0.29) is 0 Å². The SMILES string of the molecule is [C+]1=Cc2[nH]c3c4sc5ccccc5c4c4ccccc4c3c2C=C1. The van der Waals surface area contributed by atoms with E-state index in [2.05, 4.69) is 65.7 Å². The van der Waals surface area contributed by atoms with Crippen LogP contribution in [0.5, 0.6) is 0 Å². The third-order valence-corrected chi connectivity index (χ3v) is 6.12. The number of aromatic nitrogens is 1. The van der Waals surface area contributed by atoms with E-state index in [4.69, 9.17) is 0 Å². The van der Waals surface area contributed by atoms with E-state index >= 15 is 0 Å². The monoisotopic (exact) mass is 322 g/mol. The van der Waals surface area contributed by atoms with Crippen LogP contribution in [0.25, 0.3) is 54.0 Å². The molecule has 0 fully saturated rings. The van der Waals surface area contributed by atoms with Crippen LogP contribution in [0.4, 0.5) is 0 Å². The molecule has 0 aliphatic heterocycles. The molecule has 0 bridgehead atoms. The van der Waals surface area contributed by atoms with Crippen molar-refractivity contribution in [1.82, 2.24) is 4.98 Å². The van der Waals surface area contributed by atoms with Gasteiger partial charge >= 0.3 is 0 Å². The Morgan fingerprint density at radius 1 is 0.833 bits per heavy atom. The van der Waals surface area contributed by atoms with Gasteiger partial charge in [-0.15, -0.1) is 11.3 Å². The number of thiophene rings is 1. The maximum absolute atomic E-state index is 3.65. The van der Waals surface area contributed by atoms with Crippen LogP contribution in [-0.2, 0) is 0 Å². The fourth-order valence-electron chi connectivity index (χ4n) is 3.94. The number of hydrogen-bond donors (Lipinski definition) is 1. The van der Waals surface area contributed by atoms with Gasteiger partial charge in [0.2, 0.25) is 0 Å². The molecule has 3 aromatic carbocycles. The van der Waals surface area contributed by atoms with E-state index < -0.39 is 0 Å². The molecule has 0 unspecified atom stereocenters. The molecule has 1 nitrogen and oxygen atoms in total. The van der Waals surface area contributed by atoms with Gasteiger partial charge in [0.1, 0.15) is 17.7 Å². The van der Waals surface area contributed by atoms with E-state index in [0.29, 0.717) is 0 Å². The first-order valence-electron chi connectivity index (χ1n) is 8.05. The topological polar surface area (TPSA) is 15.8 Å². The van der Waals surface area contributed by atoms with Crippen LogP contribution >= 0.6 is 11.3 Å². The summed E-state index contributed by atoms with van der Waals surface area (Å²) in [6.45, 7) is 0. The van der Waals surface area contributed by atoms with Crippen LogP contribution < -0.4 is 0 Å². The van der Waals surface area contributed by atoms with Crippen molar-refractivity contribution >= 4 is 65.3 Å². The van der Waals surface area contributed by atoms with Gasteiger partial charge in [-0.05, 0) is 16.8 Å². The van der Waals surface area contributed by atoms with Gasteiger partial charge in [0.05, 0.1) is 16.3 Å². The average Bonchev–Trinajstić information content (AvgIpc) is 3.21. The molecule has 24 heavy (non-hydrogen) atoms. The van der Waals surface area contributed by atoms with Crippen molar-refractivity contribution in [2.45, 2.75) is 0 Å². The molecule has 6 rings (SSSR count). The molecule has 5 aromatic rings. The van der Waals surface area contributed by atoms with Crippen molar-refractivity contribution in [2.24, 2.45) is 0 Å². The zero-order chi connectivity index (χ0) is 15.7. The number of hydrogen-bond acceptors (Lipinski definition) is 1. The van der Waals surface area contributed by atoms with Crippen molar-refractivity contribution < 1.29 is 0 Å². The summed E-state index contributed by atoms with van der Waals surface area (Å²) in [6.07, 6.45) is 9.40. The zero-order valence-electron chi connectivity index (χ0n) is 12.8. The molecule has 0 amide bonds. The Morgan fingerprint density at radius 3 is 2.46 bits per heavy atom. The van der Waals surface area contributed by atoms with Gasteiger partial charge in [0.15, 0.2) is 5.69 Å². The zero-order valence-corrected chi connectivity index (χ0v) is 13.6. The second-order valence-electron chi connectivity index (χ2n) is 6.19. The van der Waals surface area contributed by atoms with Gasteiger partial charge in [-0.1, -0.05) is 42.5 Å². The first-order valence-corrected chi connectivity index (χ1v) is 8.87. The predicted molar refractivity (Wildman–Crippen MR) is 105 cm³/mol. The lowest BCUT2D eigenvalue weighted by Gasteiger charge is -2.03. The van der Waals surface area contributed by atoms with Crippen molar-refractivity contribution in [2.75, 3.05) is 0 Å². The molecule has 0 saturated heterocycles. The summed E-state index contributed by atoms with van der Waals surface area (Å²) in [5.41, 5.74) is 3.68. The lowest BCUT2D eigenvalue weighted by molar-refractivity contribution is 1.42. The van der Waals surface area contributed by atoms with Gasteiger partial charge in [-0.3, -0.25) is 4.98 Å². The minimum absolute atomic E-state index is 1.16. The molecule has 110 valence electrons. The van der Waals surface area contributed by atoms with Crippen molar-refractivity contribution in [1.29, 1.82) is 0 Å². The van der Waals surface area contributed by atoms with E-state index in [1.54, 1.807) is 0 Å². The molecule has 0 saturated carbocycles. The Balaban J connectivity index is 2.02. The average molecular weight is 322 g/mol. The molecular formula is C22H12NS+. The maximum Gasteiger partial charge on any atom is 0.159 e. The lowest BCUT2D eigenvalue weighted by atomic mass is 9.97. The Labute approximate surface area is 142 Å². The number of aromatic amines is 1.